The number of para-hydroxylation sites is 1. The normalized spacial score (nSPS) is 13.4. The van der Waals surface area contributed by atoms with Gasteiger partial charge in [0.05, 0.1) is 22.4 Å². The Hall–Kier alpha value is -3.33. The minimum atomic E-state index is -0.109. The van der Waals surface area contributed by atoms with Gasteiger partial charge in [0.2, 0.25) is 0 Å². The van der Waals surface area contributed by atoms with Gasteiger partial charge in [0.1, 0.15) is 0 Å². The Morgan fingerprint density at radius 1 is 0.806 bits per heavy atom. The summed E-state index contributed by atoms with van der Waals surface area (Å²) in [5.74, 6) is 1.49. The maximum absolute atomic E-state index is 4.94. The van der Waals surface area contributed by atoms with Gasteiger partial charge in [0.25, 0.3) is 0 Å². The first-order valence-corrected chi connectivity index (χ1v) is 12.1. The summed E-state index contributed by atoms with van der Waals surface area (Å²) in [7, 11) is 0. The SMILES string of the molecule is CC(C)C1=CC(C)(C)n2c(-c3[c-]cccc3)nc3cccc1c32.[Ir].[c-]1ccccc1-c1ccccn1. The molecule has 3 nitrogen and oxygen atoms in total. The molecule has 1 aliphatic rings. The molecular formula is C32H29IrN3-2. The molecule has 1 aliphatic heterocycles. The quantitative estimate of drug-likeness (QED) is 0.187. The fourth-order valence-electron chi connectivity index (χ4n) is 4.71. The Morgan fingerprint density at radius 2 is 1.50 bits per heavy atom. The van der Waals surface area contributed by atoms with Crippen LogP contribution in [0.5, 0.6) is 0 Å². The zero-order valence-corrected chi connectivity index (χ0v) is 23.4. The number of hydrogen-bond acceptors (Lipinski definition) is 2. The fourth-order valence-corrected chi connectivity index (χ4v) is 4.71. The van der Waals surface area contributed by atoms with E-state index in [-0.39, 0.29) is 25.6 Å². The Balaban J connectivity index is 0.000000198. The molecule has 5 aromatic rings. The molecule has 1 radical (unpaired) electrons. The molecule has 0 saturated heterocycles. The van der Waals surface area contributed by atoms with E-state index in [1.54, 1.807) is 6.20 Å². The smallest absolute Gasteiger partial charge is 0.0777 e. The zero-order valence-electron chi connectivity index (χ0n) is 21.0. The topological polar surface area (TPSA) is 30.7 Å². The number of nitrogens with zero attached hydrogens (tertiary/aromatic N) is 3. The van der Waals surface area contributed by atoms with Crippen molar-refractivity contribution in [2.24, 2.45) is 5.92 Å². The van der Waals surface area contributed by atoms with E-state index in [1.807, 2.05) is 60.7 Å². The molecule has 0 atom stereocenters. The van der Waals surface area contributed by atoms with Gasteiger partial charge >= 0.3 is 0 Å². The molecular weight excluding hydrogens is 619 g/mol. The Labute approximate surface area is 227 Å². The Bertz CT molecular complexity index is 1430. The number of rotatable bonds is 3. The molecule has 0 spiro atoms. The largest absolute Gasteiger partial charge is 0.355 e. The van der Waals surface area contributed by atoms with Crippen LogP contribution >= 0.6 is 0 Å². The van der Waals surface area contributed by atoms with Crippen LogP contribution in [0.15, 0.2) is 97.2 Å². The van der Waals surface area contributed by atoms with Crippen LogP contribution in [-0.2, 0) is 25.6 Å². The van der Waals surface area contributed by atoms with Gasteiger partial charge in [0, 0.05) is 31.9 Å². The summed E-state index contributed by atoms with van der Waals surface area (Å²) in [6.45, 7) is 9.05. The molecule has 6 rings (SSSR count). The van der Waals surface area contributed by atoms with E-state index in [0.29, 0.717) is 5.92 Å². The molecule has 2 aromatic heterocycles. The molecule has 0 fully saturated rings. The van der Waals surface area contributed by atoms with Gasteiger partial charge in [-0.05, 0) is 43.2 Å². The van der Waals surface area contributed by atoms with Gasteiger partial charge in [-0.1, -0.05) is 44.2 Å². The van der Waals surface area contributed by atoms with Gasteiger partial charge in [-0.15, -0.1) is 71.8 Å². The number of hydrogen-bond donors (Lipinski definition) is 0. The van der Waals surface area contributed by atoms with Crippen LogP contribution in [0.4, 0.5) is 0 Å². The standard InChI is InChI=1S/C21H21N2.C11H8N.Ir/c1-14(2)17-13-21(3,4)23-19-16(17)11-8-12-18(19)22-20(23)15-9-6-5-7-10-15;1-2-6-10(7-3-1)11-8-4-5-9-12-11;/h5-9,11-14H,1-4H3;1-6,8-9H;/q2*-1;. The zero-order chi connectivity index (χ0) is 24.4. The van der Waals surface area contributed by atoms with E-state index < -0.39 is 0 Å². The van der Waals surface area contributed by atoms with Crippen LogP contribution in [0.25, 0.3) is 39.3 Å². The van der Waals surface area contributed by atoms with E-state index in [4.69, 9.17) is 4.98 Å². The van der Waals surface area contributed by atoms with Crippen LogP contribution in [0.3, 0.4) is 0 Å². The minimum Gasteiger partial charge on any atom is -0.355 e. The van der Waals surface area contributed by atoms with Crippen LogP contribution in [0, 0.1) is 18.1 Å². The predicted octanol–water partition coefficient (Wildman–Crippen LogP) is 7.84. The molecule has 0 N–H and O–H groups in total. The van der Waals surface area contributed by atoms with Gasteiger partial charge in [-0.3, -0.25) is 4.98 Å². The predicted molar refractivity (Wildman–Crippen MR) is 145 cm³/mol. The Morgan fingerprint density at radius 3 is 2.11 bits per heavy atom. The molecule has 0 amide bonds. The first kappa shape index (κ1) is 25.8. The number of allylic oxidation sites excluding steroid dienone is 2. The van der Waals surface area contributed by atoms with Crippen molar-refractivity contribution in [3.8, 4) is 22.6 Å². The van der Waals surface area contributed by atoms with E-state index in [2.05, 4.69) is 79.7 Å². The van der Waals surface area contributed by atoms with E-state index in [0.717, 1.165) is 28.2 Å². The molecule has 0 saturated carbocycles. The summed E-state index contributed by atoms with van der Waals surface area (Å²) in [6, 6.07) is 34.7. The van der Waals surface area contributed by atoms with Crippen LogP contribution in [-0.4, -0.2) is 14.5 Å². The second-order valence-corrected chi connectivity index (χ2v) is 9.62. The van der Waals surface area contributed by atoms with Crippen molar-refractivity contribution in [3.05, 3.63) is 115 Å². The molecule has 4 heteroatoms. The van der Waals surface area contributed by atoms with E-state index in [1.165, 1.54) is 16.7 Å². The third-order valence-corrected chi connectivity index (χ3v) is 6.29. The van der Waals surface area contributed by atoms with E-state index >= 15 is 0 Å². The number of imidazole rings is 1. The molecule has 183 valence electrons. The van der Waals surface area contributed by atoms with Crippen molar-refractivity contribution in [1.82, 2.24) is 14.5 Å². The summed E-state index contributed by atoms with van der Waals surface area (Å²) in [5.41, 5.74) is 7.98. The third-order valence-electron chi connectivity index (χ3n) is 6.29. The van der Waals surface area contributed by atoms with Crippen molar-refractivity contribution >= 4 is 16.6 Å². The van der Waals surface area contributed by atoms with Crippen molar-refractivity contribution < 1.29 is 20.1 Å². The van der Waals surface area contributed by atoms with Crippen molar-refractivity contribution in [3.63, 3.8) is 0 Å². The van der Waals surface area contributed by atoms with Crippen LogP contribution in [0.2, 0.25) is 0 Å². The average molecular weight is 648 g/mol. The average Bonchev–Trinajstić information content (AvgIpc) is 3.30. The minimum absolute atomic E-state index is 0. The summed E-state index contributed by atoms with van der Waals surface area (Å²) in [6.07, 6.45) is 4.18. The van der Waals surface area contributed by atoms with Crippen molar-refractivity contribution in [2.45, 2.75) is 33.2 Å². The second-order valence-electron chi connectivity index (χ2n) is 9.62. The van der Waals surface area contributed by atoms with Gasteiger partial charge in [-0.2, -0.15) is 0 Å². The molecule has 0 unspecified atom stereocenters. The fraction of sp³-hybridized carbons (Fsp3) is 0.188. The maximum Gasteiger partial charge on any atom is 0.0777 e. The Kier molecular flexibility index (Phi) is 7.68. The first-order valence-electron chi connectivity index (χ1n) is 12.1. The second kappa shape index (κ2) is 10.7. The number of aromatic nitrogens is 3. The summed E-state index contributed by atoms with van der Waals surface area (Å²) in [4.78, 5) is 9.16. The van der Waals surface area contributed by atoms with Gasteiger partial charge in [0.15, 0.2) is 0 Å². The molecule has 0 bridgehead atoms. The number of benzene rings is 3. The molecule has 0 aliphatic carbocycles. The maximum atomic E-state index is 4.94. The summed E-state index contributed by atoms with van der Waals surface area (Å²) >= 11 is 0. The van der Waals surface area contributed by atoms with Gasteiger partial charge < -0.3 is 9.55 Å². The van der Waals surface area contributed by atoms with Gasteiger partial charge in [-0.25, -0.2) is 0 Å². The number of pyridine rings is 1. The first-order chi connectivity index (χ1) is 17.0. The monoisotopic (exact) mass is 648 g/mol. The summed E-state index contributed by atoms with van der Waals surface area (Å²) < 4.78 is 2.37. The van der Waals surface area contributed by atoms with Crippen LogP contribution in [0.1, 0.15) is 33.3 Å². The molecule has 36 heavy (non-hydrogen) atoms. The summed E-state index contributed by atoms with van der Waals surface area (Å²) in [5, 5.41) is 0. The van der Waals surface area contributed by atoms with Crippen molar-refractivity contribution in [1.29, 1.82) is 0 Å². The van der Waals surface area contributed by atoms with Crippen molar-refractivity contribution in [2.75, 3.05) is 0 Å². The molecule has 3 heterocycles. The molecule has 3 aromatic carbocycles. The van der Waals surface area contributed by atoms with E-state index in [9.17, 15) is 0 Å². The van der Waals surface area contributed by atoms with Crippen LogP contribution < -0.4 is 0 Å². The third kappa shape index (κ3) is 4.97.